The maximum Gasteiger partial charge on any atom is 0.312 e. The van der Waals surface area contributed by atoms with E-state index in [-0.39, 0.29) is 11.4 Å². The first-order chi connectivity index (χ1) is 9.65. The second-order valence-electron chi connectivity index (χ2n) is 4.66. The molecule has 0 atom stereocenters. The Balaban J connectivity index is 3.04. The smallest absolute Gasteiger partial charge is 0.312 e. The molecule has 0 amide bonds. The van der Waals surface area contributed by atoms with Gasteiger partial charge in [-0.2, -0.15) is 0 Å². The number of aromatic hydroxyl groups is 1. The van der Waals surface area contributed by atoms with E-state index < -0.39 is 32.0 Å². The number of nitro benzene ring substituents is 1. The van der Waals surface area contributed by atoms with Crippen LogP contribution in [-0.2, 0) is 10.0 Å². The van der Waals surface area contributed by atoms with Crippen molar-refractivity contribution in [2.45, 2.75) is 37.2 Å². The topological polar surface area (TPSA) is 130 Å². The summed E-state index contributed by atoms with van der Waals surface area (Å²) in [6, 6.07) is 2.77. The summed E-state index contributed by atoms with van der Waals surface area (Å²) in [5.74, 6) is -0.613. The first kappa shape index (κ1) is 17.3. The number of rotatable bonds is 7. The third-order valence-electron chi connectivity index (χ3n) is 3.36. The fourth-order valence-corrected chi connectivity index (χ4v) is 2.77. The molecule has 3 N–H and O–H groups in total. The molecule has 0 saturated heterocycles. The average Bonchev–Trinajstić information content (AvgIpc) is 2.45. The van der Waals surface area contributed by atoms with Crippen molar-refractivity contribution in [1.29, 1.82) is 0 Å². The van der Waals surface area contributed by atoms with Crippen molar-refractivity contribution in [3.63, 3.8) is 0 Å². The van der Waals surface area contributed by atoms with Gasteiger partial charge in [0.15, 0.2) is 5.75 Å². The number of sulfonamides is 1. The summed E-state index contributed by atoms with van der Waals surface area (Å²) in [5.41, 5.74) is -1.87. The fraction of sp³-hybridized carbons (Fsp3) is 0.500. The highest BCUT2D eigenvalue weighted by atomic mass is 32.2. The van der Waals surface area contributed by atoms with Gasteiger partial charge in [0.05, 0.1) is 15.4 Å². The zero-order valence-electron chi connectivity index (χ0n) is 11.7. The lowest BCUT2D eigenvalue weighted by Crippen LogP contribution is -2.41. The van der Waals surface area contributed by atoms with Crippen molar-refractivity contribution in [3.8, 4) is 5.75 Å². The Bertz CT molecular complexity index is 625. The third kappa shape index (κ3) is 4.13. The van der Waals surface area contributed by atoms with Crippen LogP contribution in [0, 0.1) is 10.1 Å². The Morgan fingerprint density at radius 3 is 2.38 bits per heavy atom. The molecular weight excluding hydrogens is 300 g/mol. The SMILES string of the molecule is CCC(O)(CC)CNS(=O)(=O)c1ccc(O)c([N+](=O)[O-])c1. The van der Waals surface area contributed by atoms with E-state index in [1.54, 1.807) is 13.8 Å². The molecule has 118 valence electrons. The average molecular weight is 318 g/mol. The molecular formula is C12H18N2O6S. The lowest BCUT2D eigenvalue weighted by molar-refractivity contribution is -0.386. The van der Waals surface area contributed by atoms with Crippen molar-refractivity contribution < 1.29 is 23.6 Å². The number of hydrogen-bond acceptors (Lipinski definition) is 6. The van der Waals surface area contributed by atoms with Gasteiger partial charge in [-0.15, -0.1) is 0 Å². The Morgan fingerprint density at radius 1 is 1.33 bits per heavy atom. The highest BCUT2D eigenvalue weighted by Gasteiger charge is 2.27. The van der Waals surface area contributed by atoms with Crippen molar-refractivity contribution >= 4 is 15.7 Å². The second kappa shape index (κ2) is 6.37. The molecule has 0 heterocycles. The molecule has 0 unspecified atom stereocenters. The van der Waals surface area contributed by atoms with E-state index in [0.717, 1.165) is 18.2 Å². The van der Waals surface area contributed by atoms with Gasteiger partial charge in [0, 0.05) is 12.6 Å². The zero-order valence-corrected chi connectivity index (χ0v) is 12.6. The van der Waals surface area contributed by atoms with Crippen LogP contribution < -0.4 is 4.72 Å². The first-order valence-electron chi connectivity index (χ1n) is 6.34. The Morgan fingerprint density at radius 2 is 1.90 bits per heavy atom. The molecule has 0 aliphatic heterocycles. The van der Waals surface area contributed by atoms with Crippen molar-refractivity contribution in [2.24, 2.45) is 0 Å². The van der Waals surface area contributed by atoms with Crippen LogP contribution in [0.2, 0.25) is 0 Å². The molecule has 0 fully saturated rings. The maximum atomic E-state index is 12.1. The fourth-order valence-electron chi connectivity index (χ4n) is 1.63. The number of aliphatic hydroxyl groups is 1. The molecule has 8 nitrogen and oxygen atoms in total. The van der Waals surface area contributed by atoms with Crippen LogP contribution in [0.25, 0.3) is 0 Å². The van der Waals surface area contributed by atoms with Gasteiger partial charge in [0.2, 0.25) is 10.0 Å². The predicted octanol–water partition coefficient (Wildman–Crippen LogP) is 1.13. The normalized spacial score (nSPS) is 12.3. The summed E-state index contributed by atoms with van der Waals surface area (Å²) in [6.45, 7) is 3.25. The van der Waals surface area contributed by atoms with E-state index in [2.05, 4.69) is 4.72 Å². The van der Waals surface area contributed by atoms with E-state index in [0.29, 0.717) is 12.8 Å². The van der Waals surface area contributed by atoms with Crippen molar-refractivity contribution in [2.75, 3.05) is 6.54 Å². The number of phenolic OH excluding ortho intramolecular Hbond substituents is 1. The minimum Gasteiger partial charge on any atom is -0.502 e. The highest BCUT2D eigenvalue weighted by Crippen LogP contribution is 2.28. The number of nitrogens with one attached hydrogen (secondary N) is 1. The van der Waals surface area contributed by atoms with Crippen molar-refractivity contribution in [1.82, 2.24) is 4.72 Å². The molecule has 0 aliphatic rings. The molecule has 0 bridgehead atoms. The van der Waals surface area contributed by atoms with E-state index in [1.807, 2.05) is 0 Å². The van der Waals surface area contributed by atoms with Gasteiger partial charge in [-0.3, -0.25) is 10.1 Å². The van der Waals surface area contributed by atoms with Gasteiger partial charge in [-0.05, 0) is 25.0 Å². The summed E-state index contributed by atoms with van der Waals surface area (Å²) in [5, 5.41) is 30.1. The molecule has 21 heavy (non-hydrogen) atoms. The van der Waals surface area contributed by atoms with E-state index >= 15 is 0 Å². The quantitative estimate of drug-likeness (QED) is 0.510. The second-order valence-corrected chi connectivity index (χ2v) is 6.43. The monoisotopic (exact) mass is 318 g/mol. The molecule has 0 saturated carbocycles. The number of phenols is 1. The van der Waals surface area contributed by atoms with Gasteiger partial charge in [-0.25, -0.2) is 13.1 Å². The molecule has 1 aromatic rings. The van der Waals surface area contributed by atoms with Crippen LogP contribution >= 0.6 is 0 Å². The van der Waals surface area contributed by atoms with Gasteiger partial charge in [0.1, 0.15) is 0 Å². The van der Waals surface area contributed by atoms with Crippen LogP contribution in [0.15, 0.2) is 23.1 Å². The van der Waals surface area contributed by atoms with Crippen LogP contribution in [0.4, 0.5) is 5.69 Å². The van der Waals surface area contributed by atoms with Crippen LogP contribution in [0.5, 0.6) is 5.75 Å². The molecule has 0 aromatic heterocycles. The minimum absolute atomic E-state index is 0.197. The van der Waals surface area contributed by atoms with Crippen LogP contribution in [-0.4, -0.2) is 35.7 Å². The highest BCUT2D eigenvalue weighted by molar-refractivity contribution is 7.89. The van der Waals surface area contributed by atoms with Crippen molar-refractivity contribution in [3.05, 3.63) is 28.3 Å². The molecule has 1 rings (SSSR count). The molecule has 9 heteroatoms. The summed E-state index contributed by atoms with van der Waals surface area (Å²) in [6.07, 6.45) is 0.726. The predicted molar refractivity (Wildman–Crippen MR) is 75.5 cm³/mol. The first-order valence-corrected chi connectivity index (χ1v) is 7.83. The lowest BCUT2D eigenvalue weighted by atomic mass is 9.98. The van der Waals surface area contributed by atoms with E-state index in [9.17, 15) is 28.7 Å². The summed E-state index contributed by atoms with van der Waals surface area (Å²) >= 11 is 0. The standard InChI is InChI=1S/C12H18N2O6S/c1-3-12(16,4-2)8-13-21(19,20)9-5-6-11(15)10(7-9)14(17)18/h5-7,13,15-16H,3-4,8H2,1-2H3. The van der Waals surface area contributed by atoms with Gasteiger partial charge < -0.3 is 10.2 Å². The van der Waals surface area contributed by atoms with E-state index in [4.69, 9.17) is 0 Å². The summed E-state index contributed by atoms with van der Waals surface area (Å²) < 4.78 is 26.4. The molecule has 0 radical (unpaired) electrons. The summed E-state index contributed by atoms with van der Waals surface area (Å²) in [4.78, 5) is 9.48. The molecule has 0 spiro atoms. The van der Waals surface area contributed by atoms with Gasteiger partial charge >= 0.3 is 5.69 Å². The largest absolute Gasteiger partial charge is 0.502 e. The number of nitro groups is 1. The summed E-state index contributed by atoms with van der Waals surface area (Å²) in [7, 11) is -4.01. The van der Waals surface area contributed by atoms with Gasteiger partial charge in [0.25, 0.3) is 0 Å². The Hall–Kier alpha value is -1.71. The van der Waals surface area contributed by atoms with Gasteiger partial charge in [-0.1, -0.05) is 13.8 Å². The Kier molecular flexibility index (Phi) is 5.26. The minimum atomic E-state index is -4.01. The molecule has 1 aromatic carbocycles. The number of benzene rings is 1. The van der Waals surface area contributed by atoms with Crippen LogP contribution in [0.1, 0.15) is 26.7 Å². The number of nitrogens with zero attached hydrogens (tertiary/aromatic N) is 1. The zero-order chi connectivity index (χ0) is 16.3. The third-order valence-corrected chi connectivity index (χ3v) is 4.76. The molecule has 0 aliphatic carbocycles. The lowest BCUT2D eigenvalue weighted by Gasteiger charge is -2.25. The Labute approximate surface area is 122 Å². The maximum absolute atomic E-state index is 12.1. The van der Waals surface area contributed by atoms with E-state index in [1.165, 1.54) is 0 Å². The number of hydrogen-bond donors (Lipinski definition) is 3. The van der Waals surface area contributed by atoms with Crippen LogP contribution in [0.3, 0.4) is 0 Å².